The molecule has 16 heteroatoms. The van der Waals surface area contributed by atoms with Crippen molar-refractivity contribution in [1.29, 1.82) is 0 Å². The van der Waals surface area contributed by atoms with E-state index < -0.39 is 0 Å². The Labute approximate surface area is 725 Å². The minimum Gasteiger partial charge on any atom is -0.872 e. The molecular weight excluding hydrogens is 1400 g/mol. The molecule has 580 valence electrons. The first-order chi connectivity index (χ1) is 48.5. The second kappa shape index (κ2) is 52.7. The molecule has 4 N–H and O–H groups in total. The van der Waals surface area contributed by atoms with E-state index in [9.17, 15) is 40.9 Å². The van der Waals surface area contributed by atoms with Gasteiger partial charge in [-0.1, -0.05) is 321 Å². The van der Waals surface area contributed by atoms with E-state index in [-0.39, 0.29) is 185 Å². The Bertz CT molecular complexity index is 3290. The van der Waals surface area contributed by atoms with Crippen molar-refractivity contribution in [2.45, 2.75) is 256 Å². The summed E-state index contributed by atoms with van der Waals surface area (Å²) < 4.78 is 0. The molecule has 0 aliphatic carbocycles. The van der Waals surface area contributed by atoms with Crippen LogP contribution in [0.2, 0.25) is 0 Å². The molecule has 0 heterocycles. The molecule has 0 saturated heterocycles. The number of benzene rings is 7. The molecule has 0 aliphatic heterocycles. The standard InChI is InChI=1S/4C18H28NO2.3C7H8.4Mg/c4*1-17(2,3)14-10-13(12-19-8-7-9-20)16(21)15(11-14)18(4,5)6;3*1-7-5-3-2-4-6-7;;;;/h4*10-12,21H,7-9H2,1-6H3;3*2-6H,1H3;;;;/q4*-1;;;;4*+2. The van der Waals surface area contributed by atoms with Crippen molar-refractivity contribution in [1.82, 2.24) is 0 Å². The van der Waals surface area contributed by atoms with Crippen LogP contribution in [-0.2, 0) is 43.3 Å². The average Bonchev–Trinajstić information content (AvgIpc) is 0.810. The Morgan fingerprint density at radius 2 is 0.404 bits per heavy atom. The molecule has 0 unspecified atom stereocenters. The van der Waals surface area contributed by atoms with Crippen molar-refractivity contribution in [2.24, 2.45) is 0 Å². The third-order valence-electron chi connectivity index (χ3n) is 16.9. The molecule has 0 radical (unpaired) electrons. The topological polar surface area (TPSA) is 240 Å². The van der Waals surface area contributed by atoms with Crippen molar-refractivity contribution in [3.05, 3.63) is 223 Å². The Morgan fingerprint density at radius 1 is 0.248 bits per heavy atom. The van der Waals surface area contributed by atoms with Crippen LogP contribution < -0.4 is 60.8 Å². The molecule has 0 atom stereocenters. The van der Waals surface area contributed by atoms with E-state index in [1.165, 1.54) is 16.7 Å². The molecule has 0 amide bonds. The third-order valence-corrected chi connectivity index (χ3v) is 16.9. The smallest absolute Gasteiger partial charge is 0.872 e. The van der Waals surface area contributed by atoms with Crippen LogP contribution in [0.25, 0.3) is 0 Å². The van der Waals surface area contributed by atoms with Crippen LogP contribution in [0.5, 0.6) is 23.0 Å². The van der Waals surface area contributed by atoms with E-state index >= 15 is 0 Å². The van der Waals surface area contributed by atoms with E-state index in [1.807, 2.05) is 103 Å². The predicted octanol–water partition coefficient (Wildman–Crippen LogP) is 6.88. The van der Waals surface area contributed by atoms with Crippen molar-refractivity contribution in [3.8, 4) is 23.0 Å². The summed E-state index contributed by atoms with van der Waals surface area (Å²) in [6.07, 6.45) is 9.27. The van der Waals surface area contributed by atoms with E-state index in [1.54, 1.807) is 24.9 Å². The summed E-state index contributed by atoms with van der Waals surface area (Å²) in [7, 11) is 0. The summed E-state index contributed by atoms with van der Waals surface area (Å²) in [5, 5.41) is 92.4. The summed E-state index contributed by atoms with van der Waals surface area (Å²) >= 11 is 0. The van der Waals surface area contributed by atoms with Gasteiger partial charge >= 0.3 is 92.2 Å². The van der Waals surface area contributed by atoms with Gasteiger partial charge in [0.15, 0.2) is 24.9 Å². The van der Waals surface area contributed by atoms with Crippen LogP contribution in [0.15, 0.2) is 140 Å². The van der Waals surface area contributed by atoms with Gasteiger partial charge in [-0.25, -0.2) is 20.0 Å². The molecular formula is C93H136Mg4N4O8+4. The maximum Gasteiger partial charge on any atom is 2.00 e. The van der Waals surface area contributed by atoms with Gasteiger partial charge in [-0.15, -0.1) is 26.4 Å². The summed E-state index contributed by atoms with van der Waals surface area (Å²) in [5.74, 6) is 0.297. The van der Waals surface area contributed by atoms with Crippen LogP contribution >= 0.6 is 0 Å². The van der Waals surface area contributed by atoms with Gasteiger partial charge in [0, 0.05) is 22.3 Å². The maximum absolute atomic E-state index is 12.6. The molecule has 0 bridgehead atoms. The minimum absolute atomic E-state index is 0. The Kier molecular flexibility index (Phi) is 53.5. The third kappa shape index (κ3) is 44.0. The van der Waals surface area contributed by atoms with Gasteiger partial charge in [-0.3, -0.25) is 0 Å². The largest absolute Gasteiger partial charge is 2.00 e. The summed E-state index contributed by atoms with van der Waals surface area (Å²) in [5.41, 5.74) is 13.9. The van der Waals surface area contributed by atoms with Crippen LogP contribution in [0.3, 0.4) is 0 Å². The summed E-state index contributed by atoms with van der Waals surface area (Å²) in [6, 6.07) is 46.8. The Hall–Kier alpha value is -4.68. The van der Waals surface area contributed by atoms with Gasteiger partial charge < -0.3 is 40.9 Å². The molecule has 7 aromatic rings. The van der Waals surface area contributed by atoms with Gasteiger partial charge in [0.25, 0.3) is 0 Å². The zero-order valence-electron chi connectivity index (χ0n) is 72.7. The number of rotatable bonds is 16. The first-order valence-electron chi connectivity index (χ1n) is 37.5. The van der Waals surface area contributed by atoms with Crippen LogP contribution in [-0.4, -0.2) is 170 Å². The molecule has 109 heavy (non-hydrogen) atoms. The van der Waals surface area contributed by atoms with Crippen molar-refractivity contribution >= 4 is 117 Å². The van der Waals surface area contributed by atoms with Gasteiger partial charge in [0.1, 0.15) is 26.2 Å². The number of hydrogen-bond acceptors (Lipinski definition) is 8. The van der Waals surface area contributed by atoms with Crippen molar-refractivity contribution in [2.75, 3.05) is 52.6 Å². The zero-order chi connectivity index (χ0) is 80.4. The number of hydrogen-bond donors (Lipinski definition) is 4. The first kappa shape index (κ1) is 111. The second-order valence-corrected chi connectivity index (χ2v) is 35.4. The maximum atomic E-state index is 12.6. The fourth-order valence-electron chi connectivity index (χ4n) is 10.0. The summed E-state index contributed by atoms with van der Waals surface area (Å²) in [6.45, 7) is 58.8. The monoisotopic (exact) mass is 1530 g/mol. The van der Waals surface area contributed by atoms with E-state index in [4.69, 9.17) is 0 Å². The molecule has 0 aromatic heterocycles. The van der Waals surface area contributed by atoms with E-state index in [0.29, 0.717) is 74.1 Å². The number of aryl methyl sites for hydroxylation is 3. The molecule has 0 spiro atoms. The van der Waals surface area contributed by atoms with Gasteiger partial charge in [0.2, 0.25) is 0 Å². The Morgan fingerprint density at radius 3 is 0.514 bits per heavy atom. The average molecular weight is 1540 g/mol. The zero-order valence-corrected chi connectivity index (χ0v) is 78.3. The van der Waals surface area contributed by atoms with Crippen LogP contribution in [0.1, 0.15) is 275 Å². The predicted molar refractivity (Wildman–Crippen MR) is 452 cm³/mol. The normalized spacial score (nSPS) is 11.8. The van der Waals surface area contributed by atoms with Gasteiger partial charge in [0.05, 0.1) is 0 Å². The molecule has 0 fully saturated rings. The fraction of sp³-hybridized carbons (Fsp3) is 0.505. The van der Waals surface area contributed by atoms with E-state index in [0.717, 1.165) is 44.5 Å². The molecule has 0 saturated carbocycles. The SMILES string of the molecule is CC(C)(C)c1cc(C=[NH+]CCC[O-])c([O-])c(C(C)(C)C)c1.CC(C)(C)c1cc(C=[NH+]CCC[O-])c([O-])c(C(C)(C)C)c1.CC(C)(C)c1cc(C=[NH+]CCC[O-])c([O-])c(C(C)(C)C)c1.CC(C)(C)c1cc(C=[NH+]CCC[O-])c([O-])c(C(C)(C)C)c1.Cc1ccccc1.Cc1ccccc1.Cc1ccccc1.[Mg+2].[Mg+2].[Mg+2].[Mg+2]. The van der Waals surface area contributed by atoms with Gasteiger partial charge in [-0.05, 0) is 159 Å². The summed E-state index contributed by atoms with van der Waals surface area (Å²) in [4.78, 5) is 12.3. The molecule has 0 aliphatic rings. The molecule has 7 rings (SSSR count). The number of nitrogens with one attached hydrogen (secondary N) is 4. The van der Waals surface area contributed by atoms with Gasteiger partial charge in [-0.2, -0.15) is 0 Å². The quantitative estimate of drug-likeness (QED) is 0.0451. The molecule has 7 aromatic carbocycles. The minimum atomic E-state index is -0.185. The van der Waals surface area contributed by atoms with Crippen molar-refractivity contribution < 1.29 is 60.8 Å². The van der Waals surface area contributed by atoms with E-state index in [2.05, 4.69) is 243 Å². The molecule has 12 nitrogen and oxygen atoms in total. The van der Waals surface area contributed by atoms with Crippen LogP contribution in [0, 0.1) is 20.8 Å². The second-order valence-electron chi connectivity index (χ2n) is 35.4. The van der Waals surface area contributed by atoms with Crippen molar-refractivity contribution in [3.63, 3.8) is 0 Å². The Balaban J connectivity index is -0.000000609. The first-order valence-corrected chi connectivity index (χ1v) is 37.5. The fourth-order valence-corrected chi connectivity index (χ4v) is 10.0. The van der Waals surface area contributed by atoms with Crippen LogP contribution in [0.4, 0.5) is 0 Å².